The highest BCUT2D eigenvalue weighted by molar-refractivity contribution is 5.69. The third-order valence-electron chi connectivity index (χ3n) is 6.10. The highest BCUT2D eigenvalue weighted by atomic mass is 19.1. The van der Waals surface area contributed by atoms with Gasteiger partial charge in [-0.3, -0.25) is 9.30 Å². The monoisotopic (exact) mass is 477 g/mol. The molecule has 1 unspecified atom stereocenters. The Morgan fingerprint density at radius 2 is 1.94 bits per heavy atom. The van der Waals surface area contributed by atoms with Crippen LogP contribution in [0.5, 0.6) is 5.75 Å². The number of fused-ring (bicyclic) bond motifs is 1. The van der Waals surface area contributed by atoms with Crippen LogP contribution in [0.4, 0.5) is 21.7 Å². The number of pyridine rings is 1. The van der Waals surface area contributed by atoms with Crippen molar-refractivity contribution in [2.45, 2.75) is 13.0 Å². The van der Waals surface area contributed by atoms with Gasteiger partial charge < -0.3 is 20.1 Å². The zero-order valence-corrected chi connectivity index (χ0v) is 19.7. The average Bonchev–Trinajstić information content (AvgIpc) is 3.29. The first-order valence-corrected chi connectivity index (χ1v) is 11.6. The SMILES string of the molecule is COc1cc(N2CCN(CC(C)O)CC2)ccc1Nc1ncc(F)c(-c2cnc3ccccn23)n1. The quantitative estimate of drug-likeness (QED) is 0.420. The largest absolute Gasteiger partial charge is 0.494 e. The van der Waals surface area contributed by atoms with Gasteiger partial charge >= 0.3 is 0 Å². The Morgan fingerprint density at radius 1 is 1.11 bits per heavy atom. The van der Waals surface area contributed by atoms with E-state index in [1.165, 1.54) is 0 Å². The fourth-order valence-electron chi connectivity index (χ4n) is 4.38. The highest BCUT2D eigenvalue weighted by Crippen LogP contribution is 2.32. The van der Waals surface area contributed by atoms with Crippen molar-refractivity contribution in [1.82, 2.24) is 24.3 Å². The molecule has 0 saturated carbocycles. The molecule has 1 aliphatic heterocycles. The van der Waals surface area contributed by atoms with E-state index in [0.717, 1.165) is 38.1 Å². The molecule has 1 aliphatic rings. The van der Waals surface area contributed by atoms with E-state index in [1.807, 2.05) is 49.5 Å². The third-order valence-corrected chi connectivity index (χ3v) is 6.10. The molecule has 1 fully saturated rings. The predicted octanol–water partition coefficient (Wildman–Crippen LogP) is 3.19. The summed E-state index contributed by atoms with van der Waals surface area (Å²) in [6.45, 7) is 6.02. The molecular formula is C25H28FN7O2. The van der Waals surface area contributed by atoms with Crippen molar-refractivity contribution in [1.29, 1.82) is 0 Å². The number of aliphatic hydroxyl groups is 1. The van der Waals surface area contributed by atoms with Crippen LogP contribution in [0.25, 0.3) is 17.0 Å². The topological polar surface area (TPSA) is 91.0 Å². The smallest absolute Gasteiger partial charge is 0.228 e. The first kappa shape index (κ1) is 23.0. The van der Waals surface area contributed by atoms with Crippen molar-refractivity contribution in [3.63, 3.8) is 0 Å². The summed E-state index contributed by atoms with van der Waals surface area (Å²) in [4.78, 5) is 17.4. The zero-order valence-electron chi connectivity index (χ0n) is 19.7. The van der Waals surface area contributed by atoms with Gasteiger partial charge in [-0.1, -0.05) is 6.07 Å². The molecule has 35 heavy (non-hydrogen) atoms. The molecule has 0 bridgehead atoms. The van der Waals surface area contributed by atoms with Crippen molar-refractivity contribution in [2.24, 2.45) is 0 Å². The Morgan fingerprint density at radius 3 is 2.71 bits per heavy atom. The molecule has 1 aromatic carbocycles. The Hall–Kier alpha value is -3.76. The molecule has 4 heterocycles. The number of ether oxygens (including phenoxy) is 1. The summed E-state index contributed by atoms with van der Waals surface area (Å²) in [6, 6.07) is 11.5. The van der Waals surface area contributed by atoms with Crippen LogP contribution in [0.1, 0.15) is 6.92 Å². The summed E-state index contributed by atoms with van der Waals surface area (Å²) < 4.78 is 22.1. The summed E-state index contributed by atoms with van der Waals surface area (Å²) in [5, 5.41) is 12.8. The second-order valence-corrected chi connectivity index (χ2v) is 8.61. The molecular weight excluding hydrogens is 449 g/mol. The minimum atomic E-state index is -0.529. The first-order chi connectivity index (χ1) is 17.0. The van der Waals surface area contributed by atoms with Gasteiger partial charge in [0, 0.05) is 50.7 Å². The number of hydrogen-bond acceptors (Lipinski definition) is 8. The lowest BCUT2D eigenvalue weighted by molar-refractivity contribution is 0.122. The summed E-state index contributed by atoms with van der Waals surface area (Å²) in [5.41, 5.74) is 3.14. The van der Waals surface area contributed by atoms with Crippen molar-refractivity contribution in [3.8, 4) is 17.1 Å². The number of benzene rings is 1. The normalized spacial score (nSPS) is 15.4. The Kier molecular flexibility index (Phi) is 6.47. The van der Waals surface area contributed by atoms with Crippen LogP contribution in [0, 0.1) is 5.82 Å². The van der Waals surface area contributed by atoms with Crippen LogP contribution in [0.15, 0.2) is 55.0 Å². The molecule has 1 atom stereocenters. The van der Waals surface area contributed by atoms with Gasteiger partial charge in [-0.25, -0.2) is 19.3 Å². The maximum absolute atomic E-state index is 14.7. The highest BCUT2D eigenvalue weighted by Gasteiger charge is 2.20. The van der Waals surface area contributed by atoms with E-state index in [9.17, 15) is 9.50 Å². The van der Waals surface area contributed by atoms with Crippen LogP contribution >= 0.6 is 0 Å². The van der Waals surface area contributed by atoms with Crippen molar-refractivity contribution >= 4 is 23.0 Å². The zero-order chi connectivity index (χ0) is 24.4. The van der Waals surface area contributed by atoms with Crippen LogP contribution in [-0.4, -0.2) is 75.3 Å². The van der Waals surface area contributed by atoms with Crippen LogP contribution in [-0.2, 0) is 0 Å². The predicted molar refractivity (Wildman–Crippen MR) is 133 cm³/mol. The summed E-state index contributed by atoms with van der Waals surface area (Å²) in [5.74, 6) is 0.363. The molecule has 4 aromatic rings. The molecule has 0 aliphatic carbocycles. The van der Waals surface area contributed by atoms with E-state index in [1.54, 1.807) is 17.7 Å². The number of hydrogen-bond donors (Lipinski definition) is 2. The number of rotatable bonds is 7. The van der Waals surface area contributed by atoms with Gasteiger partial charge in [-0.2, -0.15) is 0 Å². The fourth-order valence-corrected chi connectivity index (χ4v) is 4.38. The standard InChI is InChI=1S/C25H28FN7O2/c1-17(34)16-31-9-11-32(12-10-31)18-6-7-20(22(13-18)35-2)29-25-28-14-19(26)24(30-25)21-15-27-23-5-3-4-8-33(21)23/h3-8,13-15,17,34H,9-12,16H2,1-2H3,(H,28,29,30). The van der Waals surface area contributed by atoms with Gasteiger partial charge in [0.05, 0.1) is 37.0 Å². The van der Waals surface area contributed by atoms with Gasteiger partial charge in [-0.15, -0.1) is 0 Å². The molecule has 10 heteroatoms. The van der Waals surface area contributed by atoms with E-state index in [-0.39, 0.29) is 17.7 Å². The minimum Gasteiger partial charge on any atom is -0.494 e. The number of imidazole rings is 1. The Balaban J connectivity index is 1.36. The third kappa shape index (κ3) is 4.89. The number of piperazine rings is 1. The lowest BCUT2D eigenvalue weighted by atomic mass is 10.2. The minimum absolute atomic E-state index is 0.159. The molecule has 2 N–H and O–H groups in total. The van der Waals surface area contributed by atoms with Gasteiger partial charge in [0.25, 0.3) is 0 Å². The van der Waals surface area contributed by atoms with Gasteiger partial charge in [-0.05, 0) is 31.2 Å². The van der Waals surface area contributed by atoms with Crippen LogP contribution in [0.2, 0.25) is 0 Å². The molecule has 3 aromatic heterocycles. The number of methoxy groups -OCH3 is 1. The van der Waals surface area contributed by atoms with Crippen molar-refractivity contribution < 1.29 is 14.2 Å². The summed E-state index contributed by atoms with van der Waals surface area (Å²) in [7, 11) is 1.61. The maximum atomic E-state index is 14.7. The molecule has 0 spiro atoms. The number of aromatic nitrogens is 4. The molecule has 182 valence electrons. The summed E-state index contributed by atoms with van der Waals surface area (Å²) in [6.07, 6.45) is 4.24. The van der Waals surface area contributed by atoms with Crippen molar-refractivity contribution in [3.05, 3.63) is 60.8 Å². The molecule has 0 radical (unpaired) electrons. The van der Waals surface area contributed by atoms with E-state index >= 15 is 0 Å². The Labute approximate surface area is 202 Å². The number of aliphatic hydroxyl groups excluding tert-OH is 1. The van der Waals surface area contributed by atoms with E-state index < -0.39 is 5.82 Å². The lowest BCUT2D eigenvalue weighted by Crippen LogP contribution is -2.48. The van der Waals surface area contributed by atoms with E-state index in [0.29, 0.717) is 29.3 Å². The van der Waals surface area contributed by atoms with Crippen LogP contribution < -0.4 is 15.0 Å². The van der Waals surface area contributed by atoms with Crippen LogP contribution in [0.3, 0.4) is 0 Å². The maximum Gasteiger partial charge on any atom is 0.228 e. The number of nitrogens with zero attached hydrogens (tertiary/aromatic N) is 6. The second kappa shape index (κ2) is 9.85. The van der Waals surface area contributed by atoms with E-state index in [4.69, 9.17) is 4.74 Å². The lowest BCUT2D eigenvalue weighted by Gasteiger charge is -2.36. The van der Waals surface area contributed by atoms with Gasteiger partial charge in [0.15, 0.2) is 5.82 Å². The number of β-amino-alcohol motifs (C(OH)–C–C–N with tert-alkyl or cyclic N) is 1. The number of nitrogens with one attached hydrogen (secondary N) is 1. The Bertz CT molecular complexity index is 1320. The number of anilines is 3. The fraction of sp³-hybridized carbons (Fsp3) is 0.320. The summed E-state index contributed by atoms with van der Waals surface area (Å²) >= 11 is 0. The molecule has 1 saturated heterocycles. The first-order valence-electron chi connectivity index (χ1n) is 11.6. The van der Waals surface area contributed by atoms with Gasteiger partial charge in [0.1, 0.15) is 17.1 Å². The van der Waals surface area contributed by atoms with Crippen molar-refractivity contribution in [2.75, 3.05) is 50.1 Å². The molecule has 0 amide bonds. The average molecular weight is 478 g/mol. The molecule has 9 nitrogen and oxygen atoms in total. The second-order valence-electron chi connectivity index (χ2n) is 8.61. The van der Waals surface area contributed by atoms with E-state index in [2.05, 4.69) is 30.1 Å². The molecule has 5 rings (SSSR count). The number of halogens is 1. The van der Waals surface area contributed by atoms with Gasteiger partial charge in [0.2, 0.25) is 5.95 Å².